The normalized spacial score (nSPS) is 10.2. The van der Waals surface area contributed by atoms with Crippen molar-refractivity contribution < 1.29 is 14.3 Å². The van der Waals surface area contributed by atoms with Gasteiger partial charge in [-0.05, 0) is 54.4 Å². The van der Waals surface area contributed by atoms with E-state index in [0.717, 1.165) is 23.4 Å². The number of rotatable bonds is 7. The lowest BCUT2D eigenvalue weighted by Gasteiger charge is -2.10. The smallest absolute Gasteiger partial charge is 0.262 e. The first-order chi connectivity index (χ1) is 13.7. The van der Waals surface area contributed by atoms with E-state index in [9.17, 15) is 9.59 Å². The molecule has 5 heteroatoms. The van der Waals surface area contributed by atoms with Crippen LogP contribution < -0.4 is 15.4 Å². The SMILES string of the molecule is CCc1ccccc1NC(=O)c1ccc(OCC(=O)Nc2ccccc2)cc1. The summed E-state index contributed by atoms with van der Waals surface area (Å²) in [7, 11) is 0. The average Bonchev–Trinajstić information content (AvgIpc) is 2.73. The van der Waals surface area contributed by atoms with Crippen LogP contribution in [0.3, 0.4) is 0 Å². The fourth-order valence-electron chi connectivity index (χ4n) is 2.72. The number of aryl methyl sites for hydroxylation is 1. The molecule has 0 saturated carbocycles. The van der Waals surface area contributed by atoms with Gasteiger partial charge in [0.2, 0.25) is 0 Å². The fourth-order valence-corrected chi connectivity index (χ4v) is 2.72. The summed E-state index contributed by atoms with van der Waals surface area (Å²) in [5, 5.41) is 5.68. The zero-order valence-corrected chi connectivity index (χ0v) is 15.6. The van der Waals surface area contributed by atoms with Gasteiger partial charge in [0.15, 0.2) is 6.61 Å². The van der Waals surface area contributed by atoms with E-state index >= 15 is 0 Å². The van der Waals surface area contributed by atoms with Crippen LogP contribution in [-0.4, -0.2) is 18.4 Å². The molecule has 28 heavy (non-hydrogen) atoms. The van der Waals surface area contributed by atoms with E-state index in [1.165, 1.54) is 0 Å². The minimum absolute atomic E-state index is 0.107. The van der Waals surface area contributed by atoms with Crippen LogP contribution in [0.15, 0.2) is 78.9 Å². The number of benzene rings is 3. The maximum atomic E-state index is 12.4. The molecule has 3 aromatic carbocycles. The molecule has 0 aliphatic carbocycles. The monoisotopic (exact) mass is 374 g/mol. The third-order valence-electron chi connectivity index (χ3n) is 4.19. The van der Waals surface area contributed by atoms with Crippen molar-refractivity contribution in [3.63, 3.8) is 0 Å². The lowest BCUT2D eigenvalue weighted by atomic mass is 10.1. The van der Waals surface area contributed by atoms with Gasteiger partial charge in [-0.25, -0.2) is 0 Å². The van der Waals surface area contributed by atoms with Gasteiger partial charge in [0.1, 0.15) is 5.75 Å². The number of hydrogen-bond donors (Lipinski definition) is 2. The summed E-state index contributed by atoms with van der Waals surface area (Å²) in [6, 6.07) is 23.6. The van der Waals surface area contributed by atoms with Crippen LogP contribution in [0.25, 0.3) is 0 Å². The van der Waals surface area contributed by atoms with E-state index in [-0.39, 0.29) is 18.4 Å². The number of para-hydroxylation sites is 2. The maximum absolute atomic E-state index is 12.4. The molecule has 142 valence electrons. The van der Waals surface area contributed by atoms with Gasteiger partial charge in [0.25, 0.3) is 11.8 Å². The van der Waals surface area contributed by atoms with Crippen molar-refractivity contribution in [1.82, 2.24) is 0 Å². The first-order valence-electron chi connectivity index (χ1n) is 9.12. The molecule has 3 aromatic rings. The molecular weight excluding hydrogens is 352 g/mol. The summed E-state index contributed by atoms with van der Waals surface area (Å²) in [5.41, 5.74) is 3.13. The van der Waals surface area contributed by atoms with Crippen molar-refractivity contribution in [3.8, 4) is 5.75 Å². The average molecular weight is 374 g/mol. The molecule has 0 aromatic heterocycles. The Morgan fingerprint density at radius 3 is 2.21 bits per heavy atom. The number of anilines is 2. The predicted octanol–water partition coefficient (Wildman–Crippen LogP) is 4.52. The van der Waals surface area contributed by atoms with E-state index in [1.807, 2.05) is 61.5 Å². The second kappa shape index (κ2) is 9.37. The first kappa shape index (κ1) is 19.2. The van der Waals surface area contributed by atoms with Gasteiger partial charge in [-0.15, -0.1) is 0 Å². The number of carbonyl (C=O) groups excluding carboxylic acids is 2. The molecule has 0 spiro atoms. The Morgan fingerprint density at radius 1 is 0.821 bits per heavy atom. The van der Waals surface area contributed by atoms with Crippen LogP contribution in [0, 0.1) is 0 Å². The molecule has 2 N–H and O–H groups in total. The van der Waals surface area contributed by atoms with Gasteiger partial charge < -0.3 is 15.4 Å². The van der Waals surface area contributed by atoms with Crippen LogP contribution in [-0.2, 0) is 11.2 Å². The van der Waals surface area contributed by atoms with E-state index in [0.29, 0.717) is 11.3 Å². The number of ether oxygens (including phenoxy) is 1. The van der Waals surface area contributed by atoms with Gasteiger partial charge in [-0.1, -0.05) is 43.3 Å². The Morgan fingerprint density at radius 2 is 1.50 bits per heavy atom. The Labute approximate surface area is 164 Å². The molecule has 5 nitrogen and oxygen atoms in total. The zero-order valence-electron chi connectivity index (χ0n) is 15.6. The largest absolute Gasteiger partial charge is 0.484 e. The first-order valence-corrected chi connectivity index (χ1v) is 9.12. The number of carbonyl (C=O) groups is 2. The fraction of sp³-hybridized carbons (Fsp3) is 0.130. The molecule has 0 saturated heterocycles. The van der Waals surface area contributed by atoms with Gasteiger partial charge in [-0.3, -0.25) is 9.59 Å². The summed E-state index contributed by atoms with van der Waals surface area (Å²) >= 11 is 0. The molecule has 3 rings (SSSR count). The van der Waals surface area contributed by atoms with Crippen molar-refractivity contribution in [1.29, 1.82) is 0 Å². The summed E-state index contributed by atoms with van der Waals surface area (Å²) in [5.74, 6) is 0.0900. The van der Waals surface area contributed by atoms with E-state index in [2.05, 4.69) is 10.6 Å². The van der Waals surface area contributed by atoms with Gasteiger partial charge in [0.05, 0.1) is 0 Å². The molecule has 0 aliphatic rings. The molecule has 0 atom stereocenters. The van der Waals surface area contributed by atoms with Crippen LogP contribution >= 0.6 is 0 Å². The highest BCUT2D eigenvalue weighted by molar-refractivity contribution is 6.04. The molecule has 0 fully saturated rings. The third-order valence-corrected chi connectivity index (χ3v) is 4.19. The third kappa shape index (κ3) is 5.20. The minimum Gasteiger partial charge on any atom is -0.484 e. The Kier molecular flexibility index (Phi) is 6.41. The molecule has 0 unspecified atom stereocenters. The van der Waals surface area contributed by atoms with Crippen molar-refractivity contribution in [2.75, 3.05) is 17.2 Å². The van der Waals surface area contributed by atoms with Gasteiger partial charge in [0, 0.05) is 16.9 Å². The molecule has 0 bridgehead atoms. The van der Waals surface area contributed by atoms with Gasteiger partial charge in [-0.2, -0.15) is 0 Å². The summed E-state index contributed by atoms with van der Waals surface area (Å²) in [6.45, 7) is 1.94. The predicted molar refractivity (Wildman–Crippen MR) is 111 cm³/mol. The molecule has 2 amide bonds. The second-order valence-corrected chi connectivity index (χ2v) is 6.19. The number of hydrogen-bond acceptors (Lipinski definition) is 3. The zero-order chi connectivity index (χ0) is 19.8. The van der Waals surface area contributed by atoms with Crippen LogP contribution in [0.5, 0.6) is 5.75 Å². The summed E-state index contributed by atoms with van der Waals surface area (Å²) in [4.78, 5) is 24.4. The topological polar surface area (TPSA) is 67.4 Å². The van der Waals surface area contributed by atoms with Crippen molar-refractivity contribution in [3.05, 3.63) is 90.0 Å². The number of amides is 2. The van der Waals surface area contributed by atoms with Crippen LogP contribution in [0.2, 0.25) is 0 Å². The van der Waals surface area contributed by atoms with Crippen LogP contribution in [0.4, 0.5) is 11.4 Å². The van der Waals surface area contributed by atoms with Crippen LogP contribution in [0.1, 0.15) is 22.8 Å². The van der Waals surface area contributed by atoms with E-state index < -0.39 is 0 Å². The highest BCUT2D eigenvalue weighted by atomic mass is 16.5. The Hall–Kier alpha value is -3.60. The van der Waals surface area contributed by atoms with Crippen molar-refractivity contribution in [2.45, 2.75) is 13.3 Å². The highest BCUT2D eigenvalue weighted by Crippen LogP contribution is 2.18. The molecule has 0 radical (unpaired) electrons. The summed E-state index contributed by atoms with van der Waals surface area (Å²) in [6.07, 6.45) is 0.842. The van der Waals surface area contributed by atoms with E-state index in [1.54, 1.807) is 24.3 Å². The quantitative estimate of drug-likeness (QED) is 0.639. The summed E-state index contributed by atoms with van der Waals surface area (Å²) < 4.78 is 5.49. The number of nitrogens with one attached hydrogen (secondary N) is 2. The minimum atomic E-state index is -0.246. The lowest BCUT2D eigenvalue weighted by Crippen LogP contribution is -2.20. The van der Waals surface area contributed by atoms with Crippen molar-refractivity contribution in [2.24, 2.45) is 0 Å². The second-order valence-electron chi connectivity index (χ2n) is 6.19. The molecule has 0 aliphatic heterocycles. The molecule has 0 heterocycles. The molecular formula is C23H22N2O3. The lowest BCUT2D eigenvalue weighted by molar-refractivity contribution is -0.118. The standard InChI is InChI=1S/C23H22N2O3/c1-2-17-8-6-7-11-21(17)25-23(27)18-12-14-20(15-13-18)28-16-22(26)24-19-9-4-3-5-10-19/h3-15H,2,16H2,1H3,(H,24,26)(H,25,27). The Balaban J connectivity index is 1.54. The van der Waals surface area contributed by atoms with E-state index in [4.69, 9.17) is 4.74 Å². The van der Waals surface area contributed by atoms with Crippen molar-refractivity contribution >= 4 is 23.2 Å². The highest BCUT2D eigenvalue weighted by Gasteiger charge is 2.09. The van der Waals surface area contributed by atoms with Gasteiger partial charge >= 0.3 is 0 Å². The maximum Gasteiger partial charge on any atom is 0.262 e. The Bertz CT molecular complexity index is 938.